The molecule has 1 saturated heterocycles. The fourth-order valence-corrected chi connectivity index (χ4v) is 2.18. The second kappa shape index (κ2) is 6.14. The minimum absolute atomic E-state index is 0.282. The Bertz CT molecular complexity index is 441. The molecule has 0 aromatic heterocycles. The largest absolute Gasteiger partial charge is 0.478 e. The average Bonchev–Trinajstić information content (AvgIpc) is 2.39. The molecule has 0 amide bonds. The van der Waals surface area contributed by atoms with E-state index in [1.807, 2.05) is 6.07 Å². The van der Waals surface area contributed by atoms with E-state index in [4.69, 9.17) is 9.84 Å². The lowest BCUT2D eigenvalue weighted by molar-refractivity contribution is -0.0617. The highest BCUT2D eigenvalue weighted by Gasteiger charge is 2.28. The summed E-state index contributed by atoms with van der Waals surface area (Å²) in [6, 6.07) is 6.80. The molecule has 0 spiro atoms. The predicted molar refractivity (Wildman–Crippen MR) is 70.1 cm³/mol. The van der Waals surface area contributed by atoms with E-state index in [0.717, 1.165) is 5.56 Å². The standard InChI is InChI=1S/C14H19NO4/c16-13(17)12-3-1-2-11(8-12)9-15-10-14(18)4-6-19-7-5-14/h1-3,8,15,18H,4-7,9-10H2,(H,16,17). The molecule has 1 heterocycles. The molecular formula is C14H19NO4. The molecule has 104 valence electrons. The van der Waals surface area contributed by atoms with Crippen molar-refractivity contribution < 1.29 is 19.7 Å². The van der Waals surface area contributed by atoms with Crippen LogP contribution in [0.3, 0.4) is 0 Å². The number of nitrogens with one attached hydrogen (secondary N) is 1. The van der Waals surface area contributed by atoms with Crippen LogP contribution in [0.4, 0.5) is 0 Å². The number of rotatable bonds is 5. The molecule has 1 aliphatic rings. The van der Waals surface area contributed by atoms with E-state index in [1.165, 1.54) is 0 Å². The summed E-state index contributed by atoms with van der Waals surface area (Å²) in [7, 11) is 0. The lowest BCUT2D eigenvalue weighted by Gasteiger charge is -2.32. The Morgan fingerprint density at radius 2 is 2.11 bits per heavy atom. The van der Waals surface area contributed by atoms with E-state index in [9.17, 15) is 9.90 Å². The van der Waals surface area contributed by atoms with Crippen molar-refractivity contribution in [2.24, 2.45) is 0 Å². The van der Waals surface area contributed by atoms with Crippen molar-refractivity contribution >= 4 is 5.97 Å². The van der Waals surface area contributed by atoms with Crippen LogP contribution in [0, 0.1) is 0 Å². The molecule has 2 rings (SSSR count). The van der Waals surface area contributed by atoms with E-state index >= 15 is 0 Å². The van der Waals surface area contributed by atoms with Gasteiger partial charge < -0.3 is 20.3 Å². The first-order valence-electron chi connectivity index (χ1n) is 6.42. The van der Waals surface area contributed by atoms with E-state index in [1.54, 1.807) is 18.2 Å². The summed E-state index contributed by atoms with van der Waals surface area (Å²) < 4.78 is 5.22. The second-order valence-corrected chi connectivity index (χ2v) is 4.95. The van der Waals surface area contributed by atoms with Crippen molar-refractivity contribution in [1.82, 2.24) is 5.32 Å². The summed E-state index contributed by atoms with van der Waals surface area (Å²) in [6.07, 6.45) is 1.27. The maximum Gasteiger partial charge on any atom is 0.335 e. The van der Waals surface area contributed by atoms with Crippen LogP contribution in [0.25, 0.3) is 0 Å². The van der Waals surface area contributed by atoms with Gasteiger partial charge in [-0.25, -0.2) is 4.79 Å². The molecule has 1 aromatic carbocycles. The Morgan fingerprint density at radius 3 is 2.79 bits per heavy atom. The molecule has 1 aliphatic heterocycles. The Hall–Kier alpha value is -1.43. The van der Waals surface area contributed by atoms with Gasteiger partial charge in [0.25, 0.3) is 0 Å². The molecular weight excluding hydrogens is 246 g/mol. The van der Waals surface area contributed by atoms with Gasteiger partial charge in [-0.3, -0.25) is 0 Å². The van der Waals surface area contributed by atoms with Crippen molar-refractivity contribution in [2.75, 3.05) is 19.8 Å². The first-order chi connectivity index (χ1) is 9.09. The number of carboxylic acid groups (broad SMARTS) is 1. The maximum absolute atomic E-state index is 10.9. The van der Waals surface area contributed by atoms with Crippen molar-refractivity contribution in [3.05, 3.63) is 35.4 Å². The zero-order chi connectivity index (χ0) is 13.7. The summed E-state index contributed by atoms with van der Waals surface area (Å²) in [5, 5.41) is 22.3. The number of benzene rings is 1. The number of carboxylic acids is 1. The SMILES string of the molecule is O=C(O)c1cccc(CNCC2(O)CCOCC2)c1. The van der Waals surface area contributed by atoms with Gasteiger partial charge in [-0.05, 0) is 17.7 Å². The smallest absolute Gasteiger partial charge is 0.335 e. The topological polar surface area (TPSA) is 78.8 Å². The highest BCUT2D eigenvalue weighted by molar-refractivity contribution is 5.87. The third-order valence-corrected chi connectivity index (χ3v) is 3.38. The van der Waals surface area contributed by atoms with E-state index in [2.05, 4.69) is 5.32 Å². The third-order valence-electron chi connectivity index (χ3n) is 3.38. The minimum atomic E-state index is -0.926. The van der Waals surface area contributed by atoms with Crippen molar-refractivity contribution in [3.63, 3.8) is 0 Å². The molecule has 0 radical (unpaired) electrons. The van der Waals surface area contributed by atoms with Crippen LogP contribution < -0.4 is 5.32 Å². The Kier molecular flexibility index (Phi) is 4.52. The monoisotopic (exact) mass is 265 g/mol. The van der Waals surface area contributed by atoms with Gasteiger partial charge in [-0.2, -0.15) is 0 Å². The summed E-state index contributed by atoms with van der Waals surface area (Å²) in [4.78, 5) is 10.9. The Labute approximate surface area is 112 Å². The molecule has 3 N–H and O–H groups in total. The first-order valence-corrected chi connectivity index (χ1v) is 6.42. The van der Waals surface area contributed by atoms with E-state index in [-0.39, 0.29) is 5.56 Å². The van der Waals surface area contributed by atoms with Crippen LogP contribution in [0.1, 0.15) is 28.8 Å². The Morgan fingerprint density at radius 1 is 1.37 bits per heavy atom. The number of carbonyl (C=O) groups is 1. The van der Waals surface area contributed by atoms with Crippen LogP contribution in [-0.4, -0.2) is 41.5 Å². The molecule has 0 atom stereocenters. The average molecular weight is 265 g/mol. The molecule has 19 heavy (non-hydrogen) atoms. The minimum Gasteiger partial charge on any atom is -0.478 e. The van der Waals surface area contributed by atoms with Crippen LogP contribution in [0.5, 0.6) is 0 Å². The highest BCUT2D eigenvalue weighted by Crippen LogP contribution is 2.19. The van der Waals surface area contributed by atoms with Crippen LogP contribution in [0.2, 0.25) is 0 Å². The zero-order valence-electron chi connectivity index (χ0n) is 10.8. The van der Waals surface area contributed by atoms with Gasteiger partial charge in [0.05, 0.1) is 11.2 Å². The molecule has 0 bridgehead atoms. The van der Waals surface area contributed by atoms with Crippen LogP contribution in [-0.2, 0) is 11.3 Å². The first kappa shape index (κ1) is 14.0. The molecule has 0 unspecified atom stereocenters. The molecule has 0 aliphatic carbocycles. The van der Waals surface area contributed by atoms with Gasteiger partial charge >= 0.3 is 5.97 Å². The Balaban J connectivity index is 1.85. The summed E-state index contributed by atoms with van der Waals surface area (Å²) in [5.74, 6) is -0.926. The molecule has 0 saturated carbocycles. The quantitative estimate of drug-likeness (QED) is 0.740. The predicted octanol–water partition coefficient (Wildman–Crippen LogP) is 1.02. The number of ether oxygens (including phenoxy) is 1. The fraction of sp³-hybridized carbons (Fsp3) is 0.500. The van der Waals surface area contributed by atoms with E-state index in [0.29, 0.717) is 39.1 Å². The molecule has 5 heteroatoms. The number of hydrogen-bond donors (Lipinski definition) is 3. The lowest BCUT2D eigenvalue weighted by Crippen LogP contribution is -2.44. The third kappa shape index (κ3) is 4.02. The van der Waals surface area contributed by atoms with Gasteiger partial charge in [0.2, 0.25) is 0 Å². The molecule has 5 nitrogen and oxygen atoms in total. The fourth-order valence-electron chi connectivity index (χ4n) is 2.18. The normalized spacial score (nSPS) is 18.2. The van der Waals surface area contributed by atoms with Crippen molar-refractivity contribution in [3.8, 4) is 0 Å². The number of aliphatic hydroxyl groups is 1. The van der Waals surface area contributed by atoms with Gasteiger partial charge in [-0.15, -0.1) is 0 Å². The zero-order valence-corrected chi connectivity index (χ0v) is 10.8. The van der Waals surface area contributed by atoms with Gasteiger partial charge in [0.1, 0.15) is 0 Å². The number of aromatic carboxylic acids is 1. The van der Waals surface area contributed by atoms with Gasteiger partial charge in [0, 0.05) is 39.1 Å². The summed E-state index contributed by atoms with van der Waals surface area (Å²) >= 11 is 0. The lowest BCUT2D eigenvalue weighted by atomic mass is 9.94. The van der Waals surface area contributed by atoms with Crippen LogP contribution in [0.15, 0.2) is 24.3 Å². The molecule has 1 fully saturated rings. The van der Waals surface area contributed by atoms with Crippen molar-refractivity contribution in [1.29, 1.82) is 0 Å². The highest BCUT2D eigenvalue weighted by atomic mass is 16.5. The number of hydrogen-bond acceptors (Lipinski definition) is 4. The van der Waals surface area contributed by atoms with E-state index < -0.39 is 11.6 Å². The maximum atomic E-state index is 10.9. The van der Waals surface area contributed by atoms with Crippen LogP contribution >= 0.6 is 0 Å². The van der Waals surface area contributed by atoms with Gasteiger partial charge in [0.15, 0.2) is 0 Å². The summed E-state index contributed by atoms with van der Waals surface area (Å²) in [6.45, 7) is 2.22. The van der Waals surface area contributed by atoms with Gasteiger partial charge in [-0.1, -0.05) is 12.1 Å². The van der Waals surface area contributed by atoms with Crippen molar-refractivity contribution in [2.45, 2.75) is 25.0 Å². The summed E-state index contributed by atoms with van der Waals surface area (Å²) in [5.41, 5.74) is 0.475. The second-order valence-electron chi connectivity index (χ2n) is 4.95. The molecule has 1 aromatic rings.